The third-order valence-corrected chi connectivity index (χ3v) is 8.40. The molecule has 0 radical (unpaired) electrons. The highest BCUT2D eigenvalue weighted by atomic mass is 35.5. The molecule has 10 heteroatoms. The summed E-state index contributed by atoms with van der Waals surface area (Å²) in [4.78, 5) is 15.7. The van der Waals surface area contributed by atoms with Crippen LogP contribution in [0.4, 0.5) is 5.69 Å². The summed E-state index contributed by atoms with van der Waals surface area (Å²) in [6.45, 7) is 6.96. The number of hydrogen-bond acceptors (Lipinski definition) is 5. The number of ether oxygens (including phenoxy) is 1. The second-order valence-electron chi connectivity index (χ2n) is 9.65. The van der Waals surface area contributed by atoms with E-state index in [0.29, 0.717) is 42.7 Å². The minimum atomic E-state index is -3.80. The van der Waals surface area contributed by atoms with Gasteiger partial charge in [0.25, 0.3) is 15.9 Å². The molecule has 0 bridgehead atoms. The Hall–Kier alpha value is -3.37. The number of aryl methyl sites for hydroxylation is 1. The molecule has 204 valence electrons. The van der Waals surface area contributed by atoms with Crippen molar-refractivity contribution in [1.82, 2.24) is 14.8 Å². The van der Waals surface area contributed by atoms with Gasteiger partial charge in [-0.25, -0.2) is 8.42 Å². The van der Waals surface area contributed by atoms with Crippen LogP contribution in [0.15, 0.2) is 77.7 Å². The standard InChI is InChI=1S/C29H31ClN4O4S/c1-21-3-2-4-22(17-21)20-34-27-10-7-25(32-39(36,37)26-8-5-24(30)6-9-26)18-23(27)19-28(34)29(35)31-11-12-33-13-15-38-16-14-33/h2-10,17-19,32H,11-16,20H2,1H3,(H,31,35). The molecule has 1 fully saturated rings. The Morgan fingerprint density at radius 1 is 1.00 bits per heavy atom. The number of benzene rings is 3. The molecule has 5 rings (SSSR count). The van der Waals surface area contributed by atoms with Crippen LogP contribution in [-0.4, -0.2) is 63.2 Å². The number of aromatic nitrogens is 1. The predicted octanol–water partition coefficient (Wildman–Crippen LogP) is 4.51. The van der Waals surface area contributed by atoms with Crippen molar-refractivity contribution in [2.45, 2.75) is 18.4 Å². The maximum Gasteiger partial charge on any atom is 0.267 e. The zero-order chi connectivity index (χ0) is 27.4. The largest absolute Gasteiger partial charge is 0.379 e. The average Bonchev–Trinajstić information content (AvgIpc) is 3.26. The first-order valence-corrected chi connectivity index (χ1v) is 14.7. The molecule has 1 aliphatic rings. The number of morpholine rings is 1. The summed E-state index contributed by atoms with van der Waals surface area (Å²) in [6.07, 6.45) is 0. The Balaban J connectivity index is 1.42. The third-order valence-electron chi connectivity index (χ3n) is 6.75. The van der Waals surface area contributed by atoms with Crippen molar-refractivity contribution in [2.75, 3.05) is 44.1 Å². The molecule has 3 aromatic carbocycles. The first kappa shape index (κ1) is 27.2. The van der Waals surface area contributed by atoms with E-state index in [0.717, 1.165) is 41.7 Å². The number of sulfonamides is 1. The summed E-state index contributed by atoms with van der Waals surface area (Å²) < 4.78 is 35.8. The molecule has 39 heavy (non-hydrogen) atoms. The van der Waals surface area contributed by atoms with E-state index in [1.807, 2.05) is 41.8 Å². The molecule has 2 N–H and O–H groups in total. The Morgan fingerprint density at radius 3 is 2.51 bits per heavy atom. The van der Waals surface area contributed by atoms with Gasteiger partial charge in [0.15, 0.2) is 0 Å². The van der Waals surface area contributed by atoms with Gasteiger partial charge in [-0.1, -0.05) is 41.4 Å². The summed E-state index contributed by atoms with van der Waals surface area (Å²) in [7, 11) is -3.80. The van der Waals surface area contributed by atoms with E-state index in [1.54, 1.807) is 12.1 Å². The third kappa shape index (κ3) is 6.62. The predicted molar refractivity (Wildman–Crippen MR) is 154 cm³/mol. The first-order valence-electron chi connectivity index (χ1n) is 12.8. The zero-order valence-corrected chi connectivity index (χ0v) is 23.3. The van der Waals surface area contributed by atoms with Crippen molar-refractivity contribution < 1.29 is 17.9 Å². The molecule has 0 saturated carbocycles. The smallest absolute Gasteiger partial charge is 0.267 e. The van der Waals surface area contributed by atoms with Gasteiger partial charge in [0.1, 0.15) is 5.69 Å². The van der Waals surface area contributed by atoms with Gasteiger partial charge in [0.05, 0.1) is 18.1 Å². The van der Waals surface area contributed by atoms with Crippen molar-refractivity contribution in [1.29, 1.82) is 0 Å². The number of fused-ring (bicyclic) bond motifs is 1. The maximum atomic E-state index is 13.4. The lowest BCUT2D eigenvalue weighted by molar-refractivity contribution is 0.0383. The lowest BCUT2D eigenvalue weighted by Gasteiger charge is -2.26. The van der Waals surface area contributed by atoms with Crippen LogP contribution in [0.25, 0.3) is 10.9 Å². The van der Waals surface area contributed by atoms with E-state index < -0.39 is 10.0 Å². The summed E-state index contributed by atoms with van der Waals surface area (Å²) in [6, 6.07) is 21.3. The molecule has 0 atom stereocenters. The van der Waals surface area contributed by atoms with Crippen LogP contribution in [0.2, 0.25) is 5.02 Å². The number of halogens is 1. The molecule has 1 amide bonds. The number of carbonyl (C=O) groups is 1. The Bertz CT molecular complexity index is 1580. The summed E-state index contributed by atoms with van der Waals surface area (Å²) >= 11 is 5.91. The lowest BCUT2D eigenvalue weighted by atomic mass is 10.1. The normalized spacial score (nSPS) is 14.4. The number of nitrogens with zero attached hydrogens (tertiary/aromatic N) is 2. The van der Waals surface area contributed by atoms with Gasteiger partial charge in [-0.15, -0.1) is 0 Å². The highest BCUT2D eigenvalue weighted by molar-refractivity contribution is 7.92. The molecular weight excluding hydrogens is 536 g/mol. The molecule has 8 nitrogen and oxygen atoms in total. The molecule has 0 spiro atoms. The summed E-state index contributed by atoms with van der Waals surface area (Å²) in [5.41, 5.74) is 3.97. The van der Waals surface area contributed by atoms with E-state index in [9.17, 15) is 13.2 Å². The SMILES string of the molecule is Cc1cccc(Cn2c(C(=O)NCCN3CCOCC3)cc3cc(NS(=O)(=O)c4ccc(Cl)cc4)ccc32)c1. The summed E-state index contributed by atoms with van der Waals surface area (Å²) in [5, 5.41) is 4.28. The molecule has 0 aliphatic carbocycles. The van der Waals surface area contributed by atoms with Crippen molar-refractivity contribution in [3.05, 3.63) is 94.6 Å². The quantitative estimate of drug-likeness (QED) is 0.311. The number of rotatable bonds is 9. The molecular formula is C29H31ClN4O4S. The van der Waals surface area contributed by atoms with E-state index in [4.69, 9.17) is 16.3 Å². The minimum Gasteiger partial charge on any atom is -0.379 e. The van der Waals surface area contributed by atoms with Crippen LogP contribution in [0.5, 0.6) is 0 Å². The lowest BCUT2D eigenvalue weighted by Crippen LogP contribution is -2.41. The van der Waals surface area contributed by atoms with Gasteiger partial charge < -0.3 is 14.6 Å². The Kier molecular flexibility index (Phi) is 8.23. The van der Waals surface area contributed by atoms with E-state index in [-0.39, 0.29) is 10.8 Å². The number of carbonyl (C=O) groups excluding carboxylic acids is 1. The molecule has 2 heterocycles. The van der Waals surface area contributed by atoms with Crippen molar-refractivity contribution in [3.63, 3.8) is 0 Å². The van der Waals surface area contributed by atoms with Crippen molar-refractivity contribution in [3.8, 4) is 0 Å². The van der Waals surface area contributed by atoms with E-state index in [2.05, 4.69) is 21.0 Å². The molecule has 4 aromatic rings. The minimum absolute atomic E-state index is 0.115. The van der Waals surface area contributed by atoms with Crippen LogP contribution in [0.1, 0.15) is 21.6 Å². The number of anilines is 1. The molecule has 1 aromatic heterocycles. The van der Waals surface area contributed by atoms with Crippen LogP contribution in [-0.2, 0) is 21.3 Å². The fourth-order valence-electron chi connectivity index (χ4n) is 4.76. The fraction of sp³-hybridized carbons (Fsp3) is 0.276. The van der Waals surface area contributed by atoms with Gasteiger partial charge in [0, 0.05) is 54.3 Å². The maximum absolute atomic E-state index is 13.4. The summed E-state index contributed by atoms with van der Waals surface area (Å²) in [5.74, 6) is -0.171. The molecule has 0 unspecified atom stereocenters. The zero-order valence-electron chi connectivity index (χ0n) is 21.7. The van der Waals surface area contributed by atoms with Crippen LogP contribution in [0, 0.1) is 6.92 Å². The van der Waals surface area contributed by atoms with E-state index in [1.165, 1.54) is 24.3 Å². The monoisotopic (exact) mass is 566 g/mol. The highest BCUT2D eigenvalue weighted by Gasteiger charge is 2.19. The van der Waals surface area contributed by atoms with Crippen molar-refractivity contribution >= 4 is 44.1 Å². The number of nitrogens with one attached hydrogen (secondary N) is 2. The van der Waals surface area contributed by atoms with Crippen LogP contribution < -0.4 is 10.0 Å². The van der Waals surface area contributed by atoms with Gasteiger partial charge in [0.2, 0.25) is 0 Å². The number of hydrogen-bond donors (Lipinski definition) is 2. The van der Waals surface area contributed by atoms with Gasteiger partial charge >= 0.3 is 0 Å². The highest BCUT2D eigenvalue weighted by Crippen LogP contribution is 2.27. The second-order valence-corrected chi connectivity index (χ2v) is 11.8. The topological polar surface area (TPSA) is 92.7 Å². The van der Waals surface area contributed by atoms with Crippen LogP contribution in [0.3, 0.4) is 0 Å². The average molecular weight is 567 g/mol. The number of amides is 1. The fourth-order valence-corrected chi connectivity index (χ4v) is 5.93. The second kappa shape index (κ2) is 11.8. The van der Waals surface area contributed by atoms with Gasteiger partial charge in [-0.3, -0.25) is 14.4 Å². The first-order chi connectivity index (χ1) is 18.8. The Labute approximate surface area is 233 Å². The van der Waals surface area contributed by atoms with Crippen LogP contribution >= 0.6 is 11.6 Å². The van der Waals surface area contributed by atoms with Gasteiger partial charge in [-0.2, -0.15) is 0 Å². The van der Waals surface area contributed by atoms with E-state index >= 15 is 0 Å². The Morgan fingerprint density at radius 2 is 1.77 bits per heavy atom. The molecule has 1 saturated heterocycles. The van der Waals surface area contributed by atoms with Gasteiger partial charge in [-0.05, 0) is 61.0 Å². The van der Waals surface area contributed by atoms with Crippen molar-refractivity contribution in [2.24, 2.45) is 0 Å². The molecule has 1 aliphatic heterocycles.